The number of rotatable bonds is 5. The van der Waals surface area contributed by atoms with Crippen LogP contribution in [0.1, 0.15) is 34.6 Å². The maximum absolute atomic E-state index is 11.4. The lowest BCUT2D eigenvalue weighted by Crippen LogP contribution is -2.16. The summed E-state index contributed by atoms with van der Waals surface area (Å²) in [7, 11) is 0. The summed E-state index contributed by atoms with van der Waals surface area (Å²) in [5, 5.41) is 9.60. The third-order valence-electron chi connectivity index (χ3n) is 1.88. The van der Waals surface area contributed by atoms with E-state index in [1.165, 1.54) is 6.08 Å². The molecule has 0 radical (unpaired) electrons. The van der Waals surface area contributed by atoms with Gasteiger partial charge in [0.1, 0.15) is 0 Å². The molecule has 0 aliphatic carbocycles. The smallest absolute Gasteiger partial charge is 0.329 e. The van der Waals surface area contributed by atoms with E-state index in [1.54, 1.807) is 40.7 Å². The van der Waals surface area contributed by atoms with Gasteiger partial charge in [-0.25, -0.2) is 0 Å². The second-order valence-corrected chi connectivity index (χ2v) is 4.32. The summed E-state index contributed by atoms with van der Waals surface area (Å²) in [4.78, 5) is 22.7. The van der Waals surface area contributed by atoms with Gasteiger partial charge >= 0.3 is 17.9 Å². The summed E-state index contributed by atoms with van der Waals surface area (Å²) in [6.07, 6.45) is 2.91. The molecule has 0 spiro atoms. The summed E-state index contributed by atoms with van der Waals surface area (Å²) < 4.78 is 9.60. The van der Waals surface area contributed by atoms with Crippen molar-refractivity contribution in [2.75, 3.05) is 0 Å². The summed E-state index contributed by atoms with van der Waals surface area (Å²) >= 11 is 0. The van der Waals surface area contributed by atoms with Crippen molar-refractivity contribution in [3.05, 3.63) is 23.9 Å². The number of ether oxygens (including phenoxy) is 2. The van der Waals surface area contributed by atoms with Crippen LogP contribution in [0.2, 0.25) is 0 Å². The first-order chi connectivity index (χ1) is 8.29. The van der Waals surface area contributed by atoms with Crippen molar-refractivity contribution >= 4 is 11.9 Å². The van der Waals surface area contributed by atoms with Crippen molar-refractivity contribution in [1.29, 1.82) is 0 Å². The standard InChI is InChI=1S/C13H20O5/c1-6-7-10(17-11(14)8(2)3)13(16)18-12(15)9(4)5/h6-9,16H,1-5H3/b7-6+,13-10-. The average Bonchev–Trinajstić information content (AvgIpc) is 2.27. The van der Waals surface area contributed by atoms with E-state index in [1.807, 2.05) is 0 Å². The molecule has 0 fully saturated rings. The summed E-state index contributed by atoms with van der Waals surface area (Å²) in [5.41, 5.74) is 0. The van der Waals surface area contributed by atoms with Crippen molar-refractivity contribution in [2.24, 2.45) is 11.8 Å². The lowest BCUT2D eigenvalue weighted by Gasteiger charge is -2.10. The first-order valence-electron chi connectivity index (χ1n) is 5.78. The number of allylic oxidation sites excluding steroid dienone is 2. The minimum Gasteiger partial charge on any atom is -0.478 e. The summed E-state index contributed by atoms with van der Waals surface area (Å²) in [5.74, 6) is -2.74. The van der Waals surface area contributed by atoms with Crippen LogP contribution in [0, 0.1) is 11.8 Å². The minimum absolute atomic E-state index is 0.176. The number of aliphatic hydroxyl groups excluding tert-OH is 1. The Hall–Kier alpha value is -1.78. The Labute approximate surface area is 107 Å². The van der Waals surface area contributed by atoms with E-state index in [0.29, 0.717) is 0 Å². The van der Waals surface area contributed by atoms with E-state index in [-0.39, 0.29) is 17.6 Å². The van der Waals surface area contributed by atoms with Crippen LogP contribution >= 0.6 is 0 Å². The molecule has 1 N–H and O–H groups in total. The molecule has 0 saturated carbocycles. The van der Waals surface area contributed by atoms with Crippen molar-refractivity contribution in [3.8, 4) is 0 Å². The molecule has 0 aliphatic heterocycles. The third kappa shape index (κ3) is 5.52. The minimum atomic E-state index is -0.708. The Morgan fingerprint density at radius 2 is 1.44 bits per heavy atom. The van der Waals surface area contributed by atoms with E-state index in [9.17, 15) is 14.7 Å². The van der Waals surface area contributed by atoms with Gasteiger partial charge in [-0.15, -0.1) is 0 Å². The lowest BCUT2D eigenvalue weighted by molar-refractivity contribution is -0.150. The second kappa shape index (κ2) is 7.53. The van der Waals surface area contributed by atoms with Gasteiger partial charge in [0.15, 0.2) is 0 Å². The molecular formula is C13H20O5. The second-order valence-electron chi connectivity index (χ2n) is 4.32. The maximum atomic E-state index is 11.4. The zero-order valence-corrected chi connectivity index (χ0v) is 11.4. The van der Waals surface area contributed by atoms with Crippen molar-refractivity contribution in [2.45, 2.75) is 34.6 Å². The van der Waals surface area contributed by atoms with Crippen molar-refractivity contribution in [3.63, 3.8) is 0 Å². The summed E-state index contributed by atoms with van der Waals surface area (Å²) in [6.45, 7) is 8.26. The Balaban J connectivity index is 4.95. The van der Waals surface area contributed by atoms with Crippen LogP contribution in [0.5, 0.6) is 0 Å². The number of esters is 2. The van der Waals surface area contributed by atoms with Gasteiger partial charge in [0.25, 0.3) is 0 Å². The molecule has 0 heterocycles. The molecule has 0 unspecified atom stereocenters. The number of hydrogen-bond acceptors (Lipinski definition) is 5. The first-order valence-corrected chi connectivity index (χ1v) is 5.78. The van der Waals surface area contributed by atoms with Crippen LogP contribution in [-0.4, -0.2) is 17.0 Å². The molecule has 0 aliphatic rings. The topological polar surface area (TPSA) is 72.8 Å². The Morgan fingerprint density at radius 3 is 1.83 bits per heavy atom. The van der Waals surface area contributed by atoms with Crippen LogP contribution in [0.4, 0.5) is 0 Å². The normalized spacial score (nSPS) is 12.8. The van der Waals surface area contributed by atoms with E-state index in [0.717, 1.165) is 0 Å². The van der Waals surface area contributed by atoms with Gasteiger partial charge in [-0.1, -0.05) is 33.8 Å². The fraction of sp³-hybridized carbons (Fsp3) is 0.538. The third-order valence-corrected chi connectivity index (χ3v) is 1.88. The van der Waals surface area contributed by atoms with Crippen molar-refractivity contribution < 1.29 is 24.2 Å². The Kier molecular flexibility index (Phi) is 6.78. The fourth-order valence-electron chi connectivity index (χ4n) is 0.790. The van der Waals surface area contributed by atoms with Crippen molar-refractivity contribution in [1.82, 2.24) is 0 Å². The molecule has 18 heavy (non-hydrogen) atoms. The van der Waals surface area contributed by atoms with E-state index in [4.69, 9.17) is 4.74 Å². The molecule has 0 saturated heterocycles. The SMILES string of the molecule is C/C=C/C(OC(=O)C(C)C)=C(\O)OC(=O)C(C)C. The molecule has 0 amide bonds. The van der Waals surface area contributed by atoms with Crippen LogP contribution in [-0.2, 0) is 19.1 Å². The Morgan fingerprint density at radius 1 is 1.00 bits per heavy atom. The zero-order chi connectivity index (χ0) is 14.3. The van der Waals surface area contributed by atoms with Gasteiger partial charge in [0.05, 0.1) is 11.8 Å². The molecule has 0 atom stereocenters. The highest BCUT2D eigenvalue weighted by Gasteiger charge is 2.18. The quantitative estimate of drug-likeness (QED) is 0.465. The van der Waals surface area contributed by atoms with Gasteiger partial charge in [-0.3, -0.25) is 9.59 Å². The van der Waals surface area contributed by atoms with Crippen LogP contribution in [0.25, 0.3) is 0 Å². The average molecular weight is 256 g/mol. The van der Waals surface area contributed by atoms with Gasteiger partial charge in [-0.2, -0.15) is 0 Å². The van der Waals surface area contributed by atoms with Crippen LogP contribution in [0.3, 0.4) is 0 Å². The molecule has 0 aromatic heterocycles. The molecule has 0 bridgehead atoms. The molecule has 102 valence electrons. The summed E-state index contributed by atoms with van der Waals surface area (Å²) in [6, 6.07) is 0. The predicted molar refractivity (Wildman–Crippen MR) is 66.3 cm³/mol. The Bertz CT molecular complexity index is 364. The molecular weight excluding hydrogens is 236 g/mol. The van der Waals surface area contributed by atoms with E-state index < -0.39 is 17.9 Å². The van der Waals surface area contributed by atoms with E-state index in [2.05, 4.69) is 4.74 Å². The van der Waals surface area contributed by atoms with Crippen LogP contribution in [0.15, 0.2) is 23.9 Å². The van der Waals surface area contributed by atoms with Gasteiger partial charge in [0, 0.05) is 0 Å². The molecule has 5 heteroatoms. The lowest BCUT2D eigenvalue weighted by atomic mass is 10.2. The molecule has 0 rings (SSSR count). The monoisotopic (exact) mass is 256 g/mol. The predicted octanol–water partition coefficient (Wildman–Crippen LogP) is 2.69. The van der Waals surface area contributed by atoms with Gasteiger partial charge in [-0.05, 0) is 13.0 Å². The first kappa shape index (κ1) is 16.2. The highest BCUT2D eigenvalue weighted by molar-refractivity contribution is 5.74. The number of hydrogen-bond donors (Lipinski definition) is 1. The van der Waals surface area contributed by atoms with Crippen LogP contribution < -0.4 is 0 Å². The highest BCUT2D eigenvalue weighted by atomic mass is 16.6. The molecule has 5 nitrogen and oxygen atoms in total. The number of carbonyl (C=O) groups is 2. The maximum Gasteiger partial charge on any atom is 0.329 e. The fourth-order valence-corrected chi connectivity index (χ4v) is 0.790. The highest BCUT2D eigenvalue weighted by Crippen LogP contribution is 2.12. The number of carbonyl (C=O) groups excluding carboxylic acids is 2. The zero-order valence-electron chi connectivity index (χ0n) is 11.4. The van der Waals surface area contributed by atoms with Gasteiger partial charge < -0.3 is 14.6 Å². The van der Waals surface area contributed by atoms with Gasteiger partial charge in [0.2, 0.25) is 5.76 Å². The number of aliphatic hydroxyl groups is 1. The van der Waals surface area contributed by atoms with E-state index >= 15 is 0 Å². The molecule has 0 aromatic carbocycles. The molecule has 0 aromatic rings. The largest absolute Gasteiger partial charge is 0.478 e.